The number of hydrogen-bond acceptors (Lipinski definition) is 2. The molecule has 0 spiro atoms. The van der Waals surface area contributed by atoms with Gasteiger partial charge in [0.15, 0.2) is 0 Å². The molecule has 1 unspecified atom stereocenters. The van der Waals surface area contributed by atoms with Gasteiger partial charge >= 0.3 is 0 Å². The Morgan fingerprint density at radius 3 is 2.25 bits per heavy atom. The van der Waals surface area contributed by atoms with Crippen LogP contribution < -0.4 is 5.73 Å². The van der Waals surface area contributed by atoms with Crippen molar-refractivity contribution in [3.63, 3.8) is 0 Å². The molecule has 0 aromatic heterocycles. The molecule has 0 bridgehead atoms. The fraction of sp³-hybridized carbons (Fsp3) is 0.588. The molecule has 0 aliphatic heterocycles. The maximum absolute atomic E-state index is 12.5. The molecule has 1 aromatic carbocycles. The van der Waals surface area contributed by atoms with E-state index >= 15 is 0 Å². The molecular formula is C17H26N2O. The average molecular weight is 274 g/mol. The van der Waals surface area contributed by atoms with Crippen molar-refractivity contribution in [3.05, 3.63) is 35.4 Å². The zero-order valence-corrected chi connectivity index (χ0v) is 12.8. The van der Waals surface area contributed by atoms with Gasteiger partial charge in [-0.15, -0.1) is 0 Å². The smallest absolute Gasteiger partial charge is 0.240 e. The zero-order chi connectivity index (χ0) is 14.7. The van der Waals surface area contributed by atoms with Gasteiger partial charge in [0.1, 0.15) is 0 Å². The third-order valence-electron chi connectivity index (χ3n) is 4.06. The molecular weight excluding hydrogens is 248 g/mol. The number of amides is 1. The van der Waals surface area contributed by atoms with Gasteiger partial charge in [0.2, 0.25) is 5.91 Å². The molecule has 20 heavy (non-hydrogen) atoms. The first-order chi connectivity index (χ1) is 9.52. The van der Waals surface area contributed by atoms with Crippen LogP contribution in [-0.2, 0) is 17.8 Å². The second kappa shape index (κ2) is 6.40. The standard InChI is InChI=1S/C17H26N2O/c1-4-13-5-7-14(8-6-13)11-19(15-9-10-15)17(20)16(18)12(2)3/h5-8,12,15-16H,4,9-11,18H2,1-3H3. The summed E-state index contributed by atoms with van der Waals surface area (Å²) in [6, 6.07) is 8.56. The van der Waals surface area contributed by atoms with Crippen LogP contribution in [0.15, 0.2) is 24.3 Å². The van der Waals surface area contributed by atoms with E-state index in [1.54, 1.807) is 0 Å². The van der Waals surface area contributed by atoms with Crippen molar-refractivity contribution in [2.45, 2.75) is 58.7 Å². The molecule has 1 fully saturated rings. The van der Waals surface area contributed by atoms with Gasteiger partial charge in [-0.3, -0.25) is 4.79 Å². The van der Waals surface area contributed by atoms with Crippen molar-refractivity contribution in [1.29, 1.82) is 0 Å². The highest BCUT2D eigenvalue weighted by molar-refractivity contribution is 5.82. The molecule has 3 heteroatoms. The van der Waals surface area contributed by atoms with Crippen LogP contribution >= 0.6 is 0 Å². The summed E-state index contributed by atoms with van der Waals surface area (Å²) in [7, 11) is 0. The molecule has 0 saturated heterocycles. The first-order valence-corrected chi connectivity index (χ1v) is 7.66. The highest BCUT2D eigenvalue weighted by Gasteiger charge is 2.35. The Bertz CT molecular complexity index is 449. The fourth-order valence-electron chi connectivity index (χ4n) is 2.33. The second-order valence-corrected chi connectivity index (χ2v) is 6.14. The van der Waals surface area contributed by atoms with Gasteiger partial charge in [-0.25, -0.2) is 0 Å². The summed E-state index contributed by atoms with van der Waals surface area (Å²) in [5.74, 6) is 0.285. The SMILES string of the molecule is CCc1ccc(CN(C(=O)C(N)C(C)C)C2CC2)cc1. The average Bonchev–Trinajstić information content (AvgIpc) is 3.28. The van der Waals surface area contributed by atoms with E-state index in [0.717, 1.165) is 19.3 Å². The number of nitrogens with two attached hydrogens (primary N) is 1. The Balaban J connectivity index is 2.07. The molecule has 1 aromatic rings. The molecule has 1 aliphatic rings. The monoisotopic (exact) mass is 274 g/mol. The number of carbonyl (C=O) groups is 1. The zero-order valence-electron chi connectivity index (χ0n) is 12.8. The first-order valence-electron chi connectivity index (χ1n) is 7.66. The van der Waals surface area contributed by atoms with E-state index in [1.807, 2.05) is 18.7 Å². The first kappa shape index (κ1) is 15.0. The van der Waals surface area contributed by atoms with Crippen LogP contribution in [0.2, 0.25) is 0 Å². The summed E-state index contributed by atoms with van der Waals surface area (Å²) >= 11 is 0. The third-order valence-corrected chi connectivity index (χ3v) is 4.06. The van der Waals surface area contributed by atoms with Crippen molar-refractivity contribution >= 4 is 5.91 Å². The highest BCUT2D eigenvalue weighted by atomic mass is 16.2. The Morgan fingerprint density at radius 1 is 1.25 bits per heavy atom. The van der Waals surface area contributed by atoms with Gasteiger partial charge in [0.05, 0.1) is 6.04 Å². The number of benzene rings is 1. The molecule has 110 valence electrons. The molecule has 1 saturated carbocycles. The van der Waals surface area contributed by atoms with E-state index < -0.39 is 0 Å². The summed E-state index contributed by atoms with van der Waals surface area (Å²) in [5, 5.41) is 0. The molecule has 1 amide bonds. The summed E-state index contributed by atoms with van der Waals surface area (Å²) < 4.78 is 0. The predicted octanol–water partition coefficient (Wildman–Crippen LogP) is 2.72. The van der Waals surface area contributed by atoms with E-state index in [0.29, 0.717) is 12.6 Å². The van der Waals surface area contributed by atoms with E-state index in [1.165, 1.54) is 11.1 Å². The van der Waals surface area contributed by atoms with Crippen molar-refractivity contribution < 1.29 is 4.79 Å². The summed E-state index contributed by atoms with van der Waals surface area (Å²) in [5.41, 5.74) is 8.56. The summed E-state index contributed by atoms with van der Waals surface area (Å²) in [4.78, 5) is 14.5. The number of nitrogens with zero attached hydrogens (tertiary/aromatic N) is 1. The van der Waals surface area contributed by atoms with Gasteiger partial charge in [0, 0.05) is 12.6 Å². The van der Waals surface area contributed by atoms with E-state index in [9.17, 15) is 4.79 Å². The highest BCUT2D eigenvalue weighted by Crippen LogP contribution is 2.29. The van der Waals surface area contributed by atoms with Gasteiger partial charge in [0.25, 0.3) is 0 Å². The molecule has 1 atom stereocenters. The Labute approximate surface area is 122 Å². The van der Waals surface area contributed by atoms with Gasteiger partial charge in [-0.1, -0.05) is 45.0 Å². The largest absolute Gasteiger partial charge is 0.334 e. The minimum Gasteiger partial charge on any atom is -0.334 e. The van der Waals surface area contributed by atoms with Crippen LogP contribution in [0.25, 0.3) is 0 Å². The lowest BCUT2D eigenvalue weighted by Crippen LogP contribution is -2.47. The van der Waals surface area contributed by atoms with E-state index in [2.05, 4.69) is 31.2 Å². The van der Waals surface area contributed by atoms with E-state index in [4.69, 9.17) is 5.73 Å². The van der Waals surface area contributed by atoms with Crippen molar-refractivity contribution in [2.24, 2.45) is 11.7 Å². The fourth-order valence-corrected chi connectivity index (χ4v) is 2.33. The van der Waals surface area contributed by atoms with Crippen LogP contribution in [0, 0.1) is 5.92 Å². The molecule has 0 heterocycles. The number of aryl methyl sites for hydroxylation is 1. The number of carbonyl (C=O) groups excluding carboxylic acids is 1. The number of hydrogen-bond donors (Lipinski definition) is 1. The van der Waals surface area contributed by atoms with Crippen LogP contribution in [0.5, 0.6) is 0 Å². The molecule has 2 N–H and O–H groups in total. The molecule has 1 aliphatic carbocycles. The Hall–Kier alpha value is -1.35. The minimum absolute atomic E-state index is 0.0991. The third kappa shape index (κ3) is 3.60. The van der Waals surface area contributed by atoms with E-state index in [-0.39, 0.29) is 17.9 Å². The summed E-state index contributed by atoms with van der Waals surface area (Å²) in [6.45, 7) is 6.85. The van der Waals surface area contributed by atoms with Crippen LogP contribution in [0.4, 0.5) is 0 Å². The van der Waals surface area contributed by atoms with Crippen molar-refractivity contribution in [3.8, 4) is 0 Å². The maximum Gasteiger partial charge on any atom is 0.240 e. The Morgan fingerprint density at radius 2 is 1.80 bits per heavy atom. The number of rotatable bonds is 6. The summed E-state index contributed by atoms with van der Waals surface area (Å²) in [6.07, 6.45) is 3.27. The normalized spacial score (nSPS) is 16.2. The predicted molar refractivity (Wildman–Crippen MR) is 82.2 cm³/mol. The quantitative estimate of drug-likeness (QED) is 0.867. The Kier molecular flexibility index (Phi) is 4.81. The maximum atomic E-state index is 12.5. The van der Waals surface area contributed by atoms with Crippen LogP contribution in [-0.4, -0.2) is 22.9 Å². The van der Waals surface area contributed by atoms with Gasteiger partial charge in [-0.2, -0.15) is 0 Å². The van der Waals surface area contributed by atoms with Gasteiger partial charge in [-0.05, 0) is 36.3 Å². The lowest BCUT2D eigenvalue weighted by atomic mass is 10.0. The van der Waals surface area contributed by atoms with Crippen molar-refractivity contribution in [2.75, 3.05) is 0 Å². The molecule has 0 radical (unpaired) electrons. The van der Waals surface area contributed by atoms with Gasteiger partial charge < -0.3 is 10.6 Å². The lowest BCUT2D eigenvalue weighted by molar-refractivity contribution is -0.134. The van der Waals surface area contributed by atoms with Crippen molar-refractivity contribution in [1.82, 2.24) is 4.90 Å². The van der Waals surface area contributed by atoms with Crippen LogP contribution in [0.1, 0.15) is 44.7 Å². The second-order valence-electron chi connectivity index (χ2n) is 6.14. The lowest BCUT2D eigenvalue weighted by Gasteiger charge is -2.27. The van der Waals surface area contributed by atoms with Crippen LogP contribution in [0.3, 0.4) is 0 Å². The topological polar surface area (TPSA) is 46.3 Å². The molecule has 3 nitrogen and oxygen atoms in total. The minimum atomic E-state index is -0.384. The molecule has 2 rings (SSSR count).